The highest BCUT2D eigenvalue weighted by Gasteiger charge is 2.39. The van der Waals surface area contributed by atoms with Gasteiger partial charge in [0.2, 0.25) is 5.91 Å². The van der Waals surface area contributed by atoms with Crippen LogP contribution in [0.4, 0.5) is 0 Å². The number of ether oxygens (including phenoxy) is 2. The summed E-state index contributed by atoms with van der Waals surface area (Å²) in [7, 11) is 1.49. The number of rotatable bonds is 7. The molecular weight excluding hydrogens is 322 g/mol. The number of hydrogen-bond donors (Lipinski definition) is 2. The molecule has 0 unspecified atom stereocenters. The molecule has 1 saturated carbocycles. The maximum Gasteiger partial charge on any atom is 0.255 e. The van der Waals surface area contributed by atoms with Gasteiger partial charge in [-0.05, 0) is 30.5 Å². The summed E-state index contributed by atoms with van der Waals surface area (Å²) in [6.07, 6.45) is 4.10. The number of benzene rings is 1. The molecule has 1 aromatic rings. The number of carbonyl (C=O) groups is 2. The van der Waals surface area contributed by atoms with E-state index in [1.165, 1.54) is 7.11 Å². The molecule has 0 bridgehead atoms. The van der Waals surface area contributed by atoms with Crippen LogP contribution in [-0.2, 0) is 16.1 Å². The summed E-state index contributed by atoms with van der Waals surface area (Å²) in [6, 6.07) is 7.35. The fraction of sp³-hybridized carbons (Fsp3) is 0.500. The van der Waals surface area contributed by atoms with Crippen molar-refractivity contribution in [2.45, 2.75) is 38.6 Å². The highest BCUT2D eigenvalue weighted by atomic mass is 16.5. The molecule has 0 radical (unpaired) electrons. The molecule has 7 heteroatoms. The molecule has 0 saturated heterocycles. The summed E-state index contributed by atoms with van der Waals surface area (Å²) in [4.78, 5) is 23.3. The second-order valence-corrected chi connectivity index (χ2v) is 6.18. The van der Waals surface area contributed by atoms with Gasteiger partial charge in [0.15, 0.2) is 18.1 Å². The Bertz CT molecular complexity index is 675. The lowest BCUT2D eigenvalue weighted by molar-refractivity contribution is -0.129. The van der Waals surface area contributed by atoms with Crippen LogP contribution in [-0.4, -0.2) is 25.5 Å². The van der Waals surface area contributed by atoms with Crippen molar-refractivity contribution in [2.24, 2.45) is 11.1 Å². The normalized spacial score (nSPS) is 15.7. The zero-order valence-electron chi connectivity index (χ0n) is 14.3. The molecule has 0 aromatic heterocycles. The minimum absolute atomic E-state index is 0.220. The van der Waals surface area contributed by atoms with E-state index in [1.54, 1.807) is 18.2 Å². The molecule has 1 aliphatic rings. The SMILES string of the molecule is COc1cc(CNC(=O)C2(C#N)CCCCC2)ccc1OCC(N)=O. The lowest BCUT2D eigenvalue weighted by Crippen LogP contribution is -2.41. The van der Waals surface area contributed by atoms with Crippen LogP contribution in [0.15, 0.2) is 18.2 Å². The van der Waals surface area contributed by atoms with Crippen molar-refractivity contribution in [1.29, 1.82) is 5.26 Å². The third-order valence-corrected chi connectivity index (χ3v) is 4.41. The van der Waals surface area contributed by atoms with E-state index in [4.69, 9.17) is 15.2 Å². The first-order valence-corrected chi connectivity index (χ1v) is 8.28. The highest BCUT2D eigenvalue weighted by molar-refractivity contribution is 5.85. The van der Waals surface area contributed by atoms with Crippen LogP contribution in [0.25, 0.3) is 0 Å². The Hall–Kier alpha value is -2.75. The number of carbonyl (C=O) groups excluding carboxylic acids is 2. The Morgan fingerprint density at radius 2 is 2.00 bits per heavy atom. The van der Waals surface area contributed by atoms with Crippen molar-refractivity contribution in [3.63, 3.8) is 0 Å². The fourth-order valence-corrected chi connectivity index (χ4v) is 2.99. The largest absolute Gasteiger partial charge is 0.493 e. The highest BCUT2D eigenvalue weighted by Crippen LogP contribution is 2.36. The van der Waals surface area contributed by atoms with Crippen LogP contribution < -0.4 is 20.5 Å². The van der Waals surface area contributed by atoms with Crippen molar-refractivity contribution in [2.75, 3.05) is 13.7 Å². The molecule has 0 spiro atoms. The summed E-state index contributed by atoms with van der Waals surface area (Å²) < 4.78 is 10.5. The minimum atomic E-state index is -0.910. The van der Waals surface area contributed by atoms with E-state index in [9.17, 15) is 14.9 Å². The Balaban J connectivity index is 2.01. The first-order valence-electron chi connectivity index (χ1n) is 8.28. The van der Waals surface area contributed by atoms with Crippen LogP contribution >= 0.6 is 0 Å². The first-order chi connectivity index (χ1) is 12.0. The zero-order chi connectivity index (χ0) is 18.3. The van der Waals surface area contributed by atoms with Gasteiger partial charge in [0.05, 0.1) is 13.2 Å². The molecule has 2 rings (SSSR count). The zero-order valence-corrected chi connectivity index (χ0v) is 14.3. The predicted octanol–water partition coefficient (Wildman–Crippen LogP) is 1.65. The Labute approximate surface area is 147 Å². The van der Waals surface area contributed by atoms with E-state index in [1.807, 2.05) is 0 Å². The van der Waals surface area contributed by atoms with E-state index in [-0.39, 0.29) is 19.1 Å². The molecule has 0 atom stereocenters. The van der Waals surface area contributed by atoms with Crippen molar-refractivity contribution in [3.05, 3.63) is 23.8 Å². The average Bonchev–Trinajstić information content (AvgIpc) is 2.65. The number of primary amides is 1. The molecule has 7 nitrogen and oxygen atoms in total. The van der Waals surface area contributed by atoms with Gasteiger partial charge in [-0.3, -0.25) is 9.59 Å². The molecule has 1 aliphatic carbocycles. The Morgan fingerprint density at radius 3 is 2.60 bits per heavy atom. The fourth-order valence-electron chi connectivity index (χ4n) is 2.99. The monoisotopic (exact) mass is 345 g/mol. The predicted molar refractivity (Wildman–Crippen MR) is 90.7 cm³/mol. The van der Waals surface area contributed by atoms with Gasteiger partial charge in [-0.25, -0.2) is 0 Å². The topological polar surface area (TPSA) is 114 Å². The van der Waals surface area contributed by atoms with Gasteiger partial charge in [0.1, 0.15) is 5.41 Å². The maximum absolute atomic E-state index is 12.5. The quantitative estimate of drug-likeness (QED) is 0.780. The van der Waals surface area contributed by atoms with Crippen LogP contribution in [0, 0.1) is 16.7 Å². The molecule has 1 aromatic carbocycles. The molecular formula is C18H23N3O4. The minimum Gasteiger partial charge on any atom is -0.493 e. The van der Waals surface area contributed by atoms with E-state index in [2.05, 4.69) is 11.4 Å². The molecule has 25 heavy (non-hydrogen) atoms. The van der Waals surface area contributed by atoms with E-state index >= 15 is 0 Å². The van der Waals surface area contributed by atoms with Crippen molar-refractivity contribution in [1.82, 2.24) is 5.32 Å². The number of nitriles is 1. The standard InChI is InChI=1S/C18H23N3O4/c1-24-15-9-13(5-6-14(15)25-11-16(20)22)10-21-17(23)18(12-19)7-3-2-4-8-18/h5-6,9H,2-4,7-8,10-11H2,1H3,(H2,20,22)(H,21,23). The van der Waals surface area contributed by atoms with Gasteiger partial charge in [-0.2, -0.15) is 5.26 Å². The van der Waals surface area contributed by atoms with Crippen LogP contribution in [0.2, 0.25) is 0 Å². The first kappa shape index (κ1) is 18.6. The van der Waals surface area contributed by atoms with Gasteiger partial charge in [0, 0.05) is 6.54 Å². The summed E-state index contributed by atoms with van der Waals surface area (Å²) >= 11 is 0. The van der Waals surface area contributed by atoms with Crippen molar-refractivity contribution < 1.29 is 19.1 Å². The summed E-state index contributed by atoms with van der Waals surface area (Å²) in [5.41, 5.74) is 4.96. The molecule has 1 fully saturated rings. The van der Waals surface area contributed by atoms with Gasteiger partial charge >= 0.3 is 0 Å². The van der Waals surface area contributed by atoms with Gasteiger partial charge in [-0.15, -0.1) is 0 Å². The van der Waals surface area contributed by atoms with Gasteiger partial charge < -0.3 is 20.5 Å². The van der Waals surface area contributed by atoms with E-state index < -0.39 is 11.3 Å². The number of nitrogens with one attached hydrogen (secondary N) is 1. The van der Waals surface area contributed by atoms with Crippen molar-refractivity contribution >= 4 is 11.8 Å². The summed E-state index contributed by atoms with van der Waals surface area (Å²) in [6.45, 7) is 0.0475. The molecule has 3 N–H and O–H groups in total. The average molecular weight is 345 g/mol. The van der Waals surface area contributed by atoms with Gasteiger partial charge in [0.25, 0.3) is 5.91 Å². The number of nitrogens with two attached hydrogens (primary N) is 1. The smallest absolute Gasteiger partial charge is 0.255 e. The second-order valence-electron chi connectivity index (χ2n) is 6.18. The number of hydrogen-bond acceptors (Lipinski definition) is 5. The second kappa shape index (κ2) is 8.38. The number of methoxy groups -OCH3 is 1. The third kappa shape index (κ3) is 4.63. The molecule has 2 amide bonds. The summed E-state index contributed by atoms with van der Waals surface area (Å²) in [5, 5.41) is 12.3. The van der Waals surface area contributed by atoms with Gasteiger partial charge in [-0.1, -0.05) is 25.3 Å². The van der Waals surface area contributed by atoms with E-state index in [0.29, 0.717) is 24.3 Å². The lowest BCUT2D eigenvalue weighted by atomic mass is 9.74. The maximum atomic E-state index is 12.5. The van der Waals surface area contributed by atoms with Crippen LogP contribution in [0.1, 0.15) is 37.7 Å². The number of nitrogens with zero attached hydrogens (tertiary/aromatic N) is 1. The Morgan fingerprint density at radius 1 is 1.28 bits per heavy atom. The third-order valence-electron chi connectivity index (χ3n) is 4.41. The molecule has 0 heterocycles. The molecule has 134 valence electrons. The van der Waals surface area contributed by atoms with Crippen LogP contribution in [0.3, 0.4) is 0 Å². The van der Waals surface area contributed by atoms with Crippen molar-refractivity contribution in [3.8, 4) is 17.6 Å². The Kier molecular flexibility index (Phi) is 6.23. The molecule has 0 aliphatic heterocycles. The summed E-state index contributed by atoms with van der Waals surface area (Å²) in [5.74, 6) is 0.0493. The van der Waals surface area contributed by atoms with Crippen LogP contribution in [0.5, 0.6) is 11.5 Å². The lowest BCUT2D eigenvalue weighted by Gasteiger charge is -2.29. The number of amides is 2. The van der Waals surface area contributed by atoms with E-state index in [0.717, 1.165) is 24.8 Å².